The molecule has 0 aliphatic carbocycles. The summed E-state index contributed by atoms with van der Waals surface area (Å²) in [5, 5.41) is 8.12. The van der Waals surface area contributed by atoms with Gasteiger partial charge in [-0.3, -0.25) is 4.79 Å². The zero-order chi connectivity index (χ0) is 11.4. The fourth-order valence-corrected chi connectivity index (χ4v) is 1.16. The zero-order valence-electron chi connectivity index (χ0n) is 8.27. The van der Waals surface area contributed by atoms with E-state index in [1.807, 2.05) is 0 Å². The molecule has 0 amide bonds. The fourth-order valence-electron chi connectivity index (χ4n) is 1.16. The topological polar surface area (TPSA) is 45.0 Å². The second-order valence-corrected chi connectivity index (χ2v) is 2.79. The number of anilines is 1. The van der Waals surface area contributed by atoms with Crippen LogP contribution in [-0.4, -0.2) is 19.2 Å². The highest BCUT2D eigenvalue weighted by Gasteiger charge is 2.13. The molecular weight excluding hydrogens is 197 g/mol. The number of nitrogens with zero attached hydrogens (tertiary/aromatic N) is 3. The van der Waals surface area contributed by atoms with Crippen LogP contribution in [-0.2, 0) is 0 Å². The zero-order valence-corrected chi connectivity index (χ0v) is 8.27. The third-order valence-corrected chi connectivity index (χ3v) is 1.82. The van der Waals surface area contributed by atoms with Crippen molar-refractivity contribution in [2.45, 2.75) is 6.92 Å². The normalized spacial score (nSPS) is 9.47. The minimum absolute atomic E-state index is 0.190. The number of Topliss-reactive ketones (excluding diaryl/α,β-unsaturated/α-hetero) is 1. The first-order valence-electron chi connectivity index (χ1n) is 4.14. The monoisotopic (exact) mass is 207 g/mol. The second kappa shape index (κ2) is 4.45. The summed E-state index contributed by atoms with van der Waals surface area (Å²) >= 11 is 0. The summed E-state index contributed by atoms with van der Waals surface area (Å²) in [5.41, 5.74) is 0.545. The lowest BCUT2D eigenvalue weighted by Crippen LogP contribution is -2.10. The molecule has 0 saturated heterocycles. The van der Waals surface area contributed by atoms with Crippen molar-refractivity contribution in [3.05, 3.63) is 29.6 Å². The minimum Gasteiger partial charge on any atom is -0.294 e. The average molecular weight is 207 g/mol. The Balaban J connectivity index is 3.33. The summed E-state index contributed by atoms with van der Waals surface area (Å²) in [6, 6.07) is 3.74. The number of ketones is 1. The molecule has 1 aromatic carbocycles. The van der Waals surface area contributed by atoms with E-state index in [9.17, 15) is 9.18 Å². The Morgan fingerprint density at radius 2 is 2.00 bits per heavy atom. The molecule has 0 saturated carbocycles. The highest BCUT2D eigenvalue weighted by Crippen LogP contribution is 2.22. The lowest BCUT2D eigenvalue weighted by molar-refractivity contribution is 0.101. The predicted molar refractivity (Wildman–Crippen MR) is 58.0 cm³/mol. The summed E-state index contributed by atoms with van der Waals surface area (Å²) < 4.78 is 12.9. The van der Waals surface area contributed by atoms with Crippen molar-refractivity contribution in [1.82, 2.24) is 0 Å². The number of carbonyl (C=O) groups excluding carboxylic acids is 1. The Morgan fingerprint density at radius 1 is 1.40 bits per heavy atom. The maximum Gasteiger partial charge on any atom is 0.162 e. The van der Waals surface area contributed by atoms with E-state index < -0.39 is 5.82 Å². The molecule has 5 heteroatoms. The summed E-state index contributed by atoms with van der Waals surface area (Å²) in [6.07, 6.45) is 0. The Kier molecular flexibility index (Phi) is 3.28. The van der Waals surface area contributed by atoms with Gasteiger partial charge in [0.05, 0.1) is 5.69 Å². The van der Waals surface area contributed by atoms with Crippen molar-refractivity contribution in [2.75, 3.05) is 5.12 Å². The van der Waals surface area contributed by atoms with E-state index in [0.717, 1.165) is 11.2 Å². The minimum atomic E-state index is -0.489. The van der Waals surface area contributed by atoms with Crippen LogP contribution in [0, 0.1) is 5.82 Å². The number of hydrogen-bond acceptors (Lipinski definition) is 4. The van der Waals surface area contributed by atoms with Crippen LogP contribution in [0.4, 0.5) is 10.1 Å². The lowest BCUT2D eigenvalue weighted by Gasteiger charge is -2.14. The number of hydrazone groups is 2. The third-order valence-electron chi connectivity index (χ3n) is 1.82. The number of hydrogen-bond donors (Lipinski definition) is 0. The van der Waals surface area contributed by atoms with Gasteiger partial charge >= 0.3 is 0 Å². The van der Waals surface area contributed by atoms with Crippen molar-refractivity contribution in [2.24, 2.45) is 10.2 Å². The predicted octanol–water partition coefficient (Wildman–Crippen LogP) is 2.07. The molecule has 0 N–H and O–H groups in total. The Hall–Kier alpha value is -2.04. The Labute approximate surface area is 86.7 Å². The summed E-state index contributed by atoms with van der Waals surface area (Å²) in [4.78, 5) is 11.2. The van der Waals surface area contributed by atoms with Crippen LogP contribution in [0.5, 0.6) is 0 Å². The van der Waals surface area contributed by atoms with Gasteiger partial charge in [0.15, 0.2) is 5.78 Å². The fraction of sp³-hybridized carbons (Fsp3) is 0.100. The van der Waals surface area contributed by atoms with Gasteiger partial charge in [0, 0.05) is 19.0 Å². The molecule has 0 atom stereocenters. The first-order chi connectivity index (χ1) is 7.10. The molecule has 15 heavy (non-hydrogen) atoms. The van der Waals surface area contributed by atoms with Crippen LogP contribution < -0.4 is 5.12 Å². The average Bonchev–Trinajstić information content (AvgIpc) is 2.21. The van der Waals surface area contributed by atoms with E-state index in [4.69, 9.17) is 0 Å². The summed E-state index contributed by atoms with van der Waals surface area (Å²) in [7, 11) is 0. The maximum atomic E-state index is 12.9. The standard InChI is InChI=1S/C10H10FN3O/c1-7(15)9-6-8(11)4-5-10(9)14(12-2)13-3/h4-6H,2-3H2,1H3. The lowest BCUT2D eigenvalue weighted by atomic mass is 10.1. The summed E-state index contributed by atoms with van der Waals surface area (Å²) in [6.45, 7) is 7.87. The molecule has 0 spiro atoms. The SMILES string of the molecule is C=NN(N=C)c1ccc(F)cc1C(C)=O. The number of benzene rings is 1. The van der Waals surface area contributed by atoms with Gasteiger partial charge in [0.25, 0.3) is 0 Å². The van der Waals surface area contributed by atoms with Gasteiger partial charge < -0.3 is 0 Å². The van der Waals surface area contributed by atoms with E-state index in [-0.39, 0.29) is 11.3 Å². The first kappa shape index (κ1) is 11.0. The molecular formula is C10H10FN3O. The van der Waals surface area contributed by atoms with Crippen LogP contribution in [0.3, 0.4) is 0 Å². The van der Waals surface area contributed by atoms with Crippen LogP contribution in [0.15, 0.2) is 28.4 Å². The van der Waals surface area contributed by atoms with E-state index >= 15 is 0 Å². The van der Waals surface area contributed by atoms with Crippen LogP contribution in [0.1, 0.15) is 17.3 Å². The molecule has 78 valence electrons. The van der Waals surface area contributed by atoms with Crippen molar-refractivity contribution in [3.8, 4) is 0 Å². The van der Waals surface area contributed by atoms with Gasteiger partial charge in [-0.05, 0) is 25.1 Å². The second-order valence-electron chi connectivity index (χ2n) is 2.79. The Bertz CT molecular complexity index is 409. The molecule has 0 radical (unpaired) electrons. The van der Waals surface area contributed by atoms with Crippen LogP contribution in [0.25, 0.3) is 0 Å². The molecule has 0 aliphatic heterocycles. The number of carbonyl (C=O) groups is 1. The van der Waals surface area contributed by atoms with Crippen molar-refractivity contribution >= 4 is 24.9 Å². The largest absolute Gasteiger partial charge is 0.294 e. The third kappa shape index (κ3) is 2.25. The van der Waals surface area contributed by atoms with Crippen LogP contribution >= 0.6 is 0 Å². The molecule has 0 aromatic heterocycles. The Morgan fingerprint density at radius 3 is 2.47 bits per heavy atom. The number of rotatable bonds is 4. The van der Waals surface area contributed by atoms with E-state index in [2.05, 4.69) is 23.6 Å². The first-order valence-corrected chi connectivity index (χ1v) is 4.14. The molecule has 0 unspecified atom stereocenters. The quantitative estimate of drug-likeness (QED) is 0.431. The van der Waals surface area contributed by atoms with Crippen LogP contribution in [0.2, 0.25) is 0 Å². The maximum absolute atomic E-state index is 12.9. The summed E-state index contributed by atoms with van der Waals surface area (Å²) in [5.74, 6) is -0.765. The molecule has 0 bridgehead atoms. The molecule has 1 aromatic rings. The van der Waals surface area contributed by atoms with Gasteiger partial charge in [0.2, 0.25) is 0 Å². The van der Waals surface area contributed by atoms with Gasteiger partial charge in [-0.1, -0.05) is 0 Å². The van der Waals surface area contributed by atoms with E-state index in [0.29, 0.717) is 5.69 Å². The number of halogens is 1. The molecule has 1 rings (SSSR count). The van der Waals surface area contributed by atoms with E-state index in [1.54, 1.807) is 0 Å². The van der Waals surface area contributed by atoms with Crippen molar-refractivity contribution in [3.63, 3.8) is 0 Å². The van der Waals surface area contributed by atoms with Gasteiger partial charge in [-0.15, -0.1) is 0 Å². The molecule has 0 aliphatic rings. The van der Waals surface area contributed by atoms with Gasteiger partial charge in [-0.2, -0.15) is 15.3 Å². The molecule has 0 heterocycles. The van der Waals surface area contributed by atoms with Crippen molar-refractivity contribution in [1.29, 1.82) is 0 Å². The highest BCUT2D eigenvalue weighted by atomic mass is 19.1. The highest BCUT2D eigenvalue weighted by molar-refractivity contribution is 5.99. The molecule has 4 nitrogen and oxygen atoms in total. The van der Waals surface area contributed by atoms with Gasteiger partial charge in [0.1, 0.15) is 5.82 Å². The van der Waals surface area contributed by atoms with Gasteiger partial charge in [-0.25, -0.2) is 4.39 Å². The van der Waals surface area contributed by atoms with Crippen molar-refractivity contribution < 1.29 is 9.18 Å². The smallest absolute Gasteiger partial charge is 0.162 e. The van der Waals surface area contributed by atoms with E-state index in [1.165, 1.54) is 19.1 Å². The molecule has 0 fully saturated rings.